The van der Waals surface area contributed by atoms with Crippen LogP contribution in [0.4, 0.5) is 0 Å². The molecule has 0 aliphatic heterocycles. The Balaban J connectivity index is 1.82. The summed E-state index contributed by atoms with van der Waals surface area (Å²) < 4.78 is 0.829. The lowest BCUT2D eigenvalue weighted by Gasteiger charge is -2.34. The molecular formula is C16H20ClNOS2. The third kappa shape index (κ3) is 3.69. The maximum atomic E-state index is 9.62. The van der Waals surface area contributed by atoms with Crippen molar-refractivity contribution in [1.29, 1.82) is 0 Å². The van der Waals surface area contributed by atoms with E-state index in [-0.39, 0.29) is 12.6 Å². The van der Waals surface area contributed by atoms with Gasteiger partial charge in [0.2, 0.25) is 0 Å². The second-order valence-electron chi connectivity index (χ2n) is 5.59. The van der Waals surface area contributed by atoms with E-state index >= 15 is 0 Å². The topological polar surface area (TPSA) is 32.3 Å². The van der Waals surface area contributed by atoms with Crippen LogP contribution in [0.25, 0.3) is 0 Å². The predicted octanol–water partition coefficient (Wildman–Crippen LogP) is 4.69. The van der Waals surface area contributed by atoms with Crippen LogP contribution in [0.2, 0.25) is 4.34 Å². The van der Waals surface area contributed by atoms with Gasteiger partial charge in [0, 0.05) is 22.4 Å². The third-order valence-corrected chi connectivity index (χ3v) is 6.46. The van der Waals surface area contributed by atoms with Gasteiger partial charge in [-0.25, -0.2) is 0 Å². The fourth-order valence-electron chi connectivity index (χ4n) is 3.10. The summed E-state index contributed by atoms with van der Waals surface area (Å²) in [6, 6.07) is 8.92. The minimum atomic E-state index is 0.194. The van der Waals surface area contributed by atoms with Gasteiger partial charge in [0.25, 0.3) is 0 Å². The first-order valence-electron chi connectivity index (χ1n) is 7.43. The third-order valence-electron chi connectivity index (χ3n) is 4.23. The summed E-state index contributed by atoms with van der Waals surface area (Å²) in [7, 11) is 0. The molecule has 21 heavy (non-hydrogen) atoms. The Morgan fingerprint density at radius 3 is 2.76 bits per heavy atom. The molecule has 2 aromatic heterocycles. The molecule has 114 valence electrons. The molecule has 0 spiro atoms. The lowest BCUT2D eigenvalue weighted by atomic mass is 9.84. The lowest BCUT2D eigenvalue weighted by Crippen LogP contribution is -2.42. The molecule has 1 aliphatic carbocycles. The van der Waals surface area contributed by atoms with E-state index in [4.69, 9.17) is 11.6 Å². The summed E-state index contributed by atoms with van der Waals surface area (Å²) in [5.74, 6) is 0.372. The van der Waals surface area contributed by atoms with Crippen LogP contribution in [0.15, 0.2) is 29.6 Å². The zero-order chi connectivity index (χ0) is 14.7. The summed E-state index contributed by atoms with van der Waals surface area (Å²) in [5, 5.41) is 15.5. The number of thiophene rings is 2. The Morgan fingerprint density at radius 1 is 1.24 bits per heavy atom. The summed E-state index contributed by atoms with van der Waals surface area (Å²) >= 11 is 9.53. The lowest BCUT2D eigenvalue weighted by molar-refractivity contribution is 0.149. The fraction of sp³-hybridized carbons (Fsp3) is 0.500. The van der Waals surface area contributed by atoms with E-state index in [1.54, 1.807) is 22.7 Å². The number of hydrogen-bond donors (Lipinski definition) is 2. The average molecular weight is 342 g/mol. The average Bonchev–Trinajstić information content (AvgIpc) is 3.17. The number of rotatable bonds is 5. The summed E-state index contributed by atoms with van der Waals surface area (Å²) in [5.41, 5.74) is 0. The highest BCUT2D eigenvalue weighted by molar-refractivity contribution is 7.16. The summed E-state index contributed by atoms with van der Waals surface area (Å²) in [6.45, 7) is 0.278. The molecular weight excluding hydrogens is 322 g/mol. The van der Waals surface area contributed by atoms with Gasteiger partial charge in [0.1, 0.15) is 0 Å². The van der Waals surface area contributed by atoms with E-state index in [1.165, 1.54) is 22.6 Å². The molecule has 2 N–H and O–H groups in total. The molecule has 0 saturated heterocycles. The zero-order valence-corrected chi connectivity index (χ0v) is 14.2. The second kappa shape index (κ2) is 7.25. The van der Waals surface area contributed by atoms with Crippen molar-refractivity contribution in [2.45, 2.75) is 37.8 Å². The van der Waals surface area contributed by atoms with Gasteiger partial charge in [-0.15, -0.1) is 22.7 Å². The van der Waals surface area contributed by atoms with E-state index < -0.39 is 0 Å². The monoisotopic (exact) mass is 341 g/mol. The molecule has 0 radical (unpaired) electrons. The smallest absolute Gasteiger partial charge is 0.0931 e. The molecule has 3 atom stereocenters. The highest BCUT2D eigenvalue weighted by atomic mass is 35.5. The van der Waals surface area contributed by atoms with E-state index in [0.717, 1.165) is 17.2 Å². The highest BCUT2D eigenvalue weighted by Crippen LogP contribution is 2.35. The normalized spacial score (nSPS) is 24.1. The van der Waals surface area contributed by atoms with Crippen molar-refractivity contribution in [3.63, 3.8) is 0 Å². The van der Waals surface area contributed by atoms with Crippen LogP contribution in [0.3, 0.4) is 0 Å². The first-order valence-corrected chi connectivity index (χ1v) is 9.51. The van der Waals surface area contributed by atoms with Crippen molar-refractivity contribution in [2.24, 2.45) is 5.92 Å². The van der Waals surface area contributed by atoms with E-state index in [2.05, 4.69) is 28.9 Å². The van der Waals surface area contributed by atoms with Gasteiger partial charge in [-0.1, -0.05) is 30.5 Å². The predicted molar refractivity (Wildman–Crippen MR) is 91.5 cm³/mol. The number of aliphatic hydroxyl groups is 1. The van der Waals surface area contributed by atoms with Gasteiger partial charge in [-0.3, -0.25) is 0 Å². The van der Waals surface area contributed by atoms with E-state index in [0.29, 0.717) is 12.0 Å². The van der Waals surface area contributed by atoms with Gasteiger partial charge in [0.15, 0.2) is 0 Å². The first-order chi connectivity index (χ1) is 10.3. The van der Waals surface area contributed by atoms with Gasteiger partial charge in [-0.05, 0) is 42.3 Å². The minimum absolute atomic E-state index is 0.194. The molecule has 0 bridgehead atoms. The molecule has 0 amide bonds. The van der Waals surface area contributed by atoms with Crippen LogP contribution < -0.4 is 5.32 Å². The second-order valence-corrected chi connectivity index (χ2v) is 8.32. The number of halogens is 1. The maximum Gasteiger partial charge on any atom is 0.0931 e. The van der Waals surface area contributed by atoms with Crippen LogP contribution in [0.1, 0.15) is 41.5 Å². The van der Waals surface area contributed by atoms with E-state index in [1.807, 2.05) is 6.07 Å². The van der Waals surface area contributed by atoms with Crippen LogP contribution in [0, 0.1) is 5.92 Å². The molecule has 1 saturated carbocycles. The Hall–Kier alpha value is -0.390. The van der Waals surface area contributed by atoms with Crippen LogP contribution in [-0.4, -0.2) is 17.8 Å². The molecule has 2 heterocycles. The number of aliphatic hydroxyl groups excluding tert-OH is 1. The van der Waals surface area contributed by atoms with Crippen molar-refractivity contribution < 1.29 is 5.11 Å². The molecule has 5 heteroatoms. The molecule has 2 aromatic rings. The number of hydrogen-bond acceptors (Lipinski definition) is 4. The Labute approximate surface area is 138 Å². The Morgan fingerprint density at radius 2 is 2.10 bits per heavy atom. The largest absolute Gasteiger partial charge is 0.396 e. The van der Waals surface area contributed by atoms with Crippen molar-refractivity contribution in [2.75, 3.05) is 6.61 Å². The van der Waals surface area contributed by atoms with Crippen molar-refractivity contribution in [3.05, 3.63) is 43.7 Å². The van der Waals surface area contributed by atoms with Crippen LogP contribution >= 0.6 is 34.3 Å². The van der Waals surface area contributed by atoms with Crippen LogP contribution in [-0.2, 0) is 0 Å². The van der Waals surface area contributed by atoms with Gasteiger partial charge >= 0.3 is 0 Å². The van der Waals surface area contributed by atoms with Crippen molar-refractivity contribution >= 4 is 34.3 Å². The molecule has 3 rings (SSSR count). The van der Waals surface area contributed by atoms with Crippen LogP contribution in [0.5, 0.6) is 0 Å². The Bertz CT molecular complexity index is 554. The highest BCUT2D eigenvalue weighted by Gasteiger charge is 2.28. The van der Waals surface area contributed by atoms with Gasteiger partial charge < -0.3 is 10.4 Å². The standard InChI is InChI=1S/C16H20ClNOS2/c17-15-8-7-14(21-15)16(13-6-3-9-20-13)18-12-5-2-1-4-11(12)10-19/h3,6-9,11-12,16,18-19H,1-2,4-5,10H2. The van der Waals surface area contributed by atoms with Gasteiger partial charge in [-0.2, -0.15) is 0 Å². The van der Waals surface area contributed by atoms with E-state index in [9.17, 15) is 5.11 Å². The molecule has 2 nitrogen and oxygen atoms in total. The molecule has 1 aliphatic rings. The minimum Gasteiger partial charge on any atom is -0.396 e. The van der Waals surface area contributed by atoms with Crippen molar-refractivity contribution in [3.8, 4) is 0 Å². The summed E-state index contributed by atoms with van der Waals surface area (Å²) in [6.07, 6.45) is 4.75. The zero-order valence-electron chi connectivity index (χ0n) is 11.8. The molecule has 0 aromatic carbocycles. The fourth-order valence-corrected chi connectivity index (χ4v) is 5.12. The van der Waals surface area contributed by atoms with Crippen molar-refractivity contribution in [1.82, 2.24) is 5.32 Å². The number of nitrogens with one attached hydrogen (secondary N) is 1. The molecule has 1 fully saturated rings. The summed E-state index contributed by atoms with van der Waals surface area (Å²) in [4.78, 5) is 2.57. The maximum absolute atomic E-state index is 9.62. The SMILES string of the molecule is OCC1CCCCC1NC(c1cccs1)c1ccc(Cl)s1. The molecule has 3 unspecified atom stereocenters. The quantitative estimate of drug-likeness (QED) is 0.826. The first kappa shape index (κ1) is 15.5. The van der Waals surface area contributed by atoms with Gasteiger partial charge in [0.05, 0.1) is 10.4 Å². The Kier molecular flexibility index (Phi) is 5.35.